The number of anilines is 2. The lowest BCUT2D eigenvalue weighted by Crippen LogP contribution is -2.40. The highest BCUT2D eigenvalue weighted by Crippen LogP contribution is 2.40. The normalized spacial score (nSPS) is 19.1. The van der Waals surface area contributed by atoms with E-state index in [0.717, 1.165) is 32.0 Å². The van der Waals surface area contributed by atoms with Crippen LogP contribution in [0.2, 0.25) is 10.0 Å². The Bertz CT molecular complexity index is 1350. The molecule has 0 spiro atoms. The summed E-state index contributed by atoms with van der Waals surface area (Å²) in [5.41, 5.74) is 2.12. The number of benzene rings is 2. The van der Waals surface area contributed by atoms with Gasteiger partial charge in [-0.2, -0.15) is 5.26 Å². The van der Waals surface area contributed by atoms with Crippen LogP contribution < -0.4 is 24.8 Å². The van der Waals surface area contributed by atoms with Crippen LogP contribution in [-0.2, 0) is 0 Å². The van der Waals surface area contributed by atoms with Gasteiger partial charge in [0.1, 0.15) is 11.8 Å². The molecule has 1 aromatic heterocycles. The van der Waals surface area contributed by atoms with Crippen molar-refractivity contribution in [2.75, 3.05) is 52.3 Å². The van der Waals surface area contributed by atoms with Crippen LogP contribution in [0, 0.1) is 17.2 Å². The molecule has 0 amide bonds. The van der Waals surface area contributed by atoms with Crippen LogP contribution in [0.4, 0.5) is 11.4 Å². The molecule has 2 aliphatic heterocycles. The number of nitrogens with zero attached hydrogens (tertiary/aromatic N) is 3. The number of nitriles is 1. The molecule has 0 bridgehead atoms. The summed E-state index contributed by atoms with van der Waals surface area (Å²) >= 11 is 12.6. The van der Waals surface area contributed by atoms with Crippen LogP contribution in [0.1, 0.15) is 24.8 Å². The Morgan fingerprint density at radius 2 is 1.95 bits per heavy atom. The van der Waals surface area contributed by atoms with E-state index in [9.17, 15) is 5.26 Å². The highest BCUT2D eigenvalue weighted by atomic mass is 35.5. The molecule has 2 fully saturated rings. The van der Waals surface area contributed by atoms with Gasteiger partial charge in [0.2, 0.25) is 0 Å². The minimum atomic E-state index is 0.360. The molecule has 2 aliphatic rings. The van der Waals surface area contributed by atoms with E-state index in [2.05, 4.69) is 26.6 Å². The van der Waals surface area contributed by atoms with Gasteiger partial charge in [0, 0.05) is 49.4 Å². The average molecular weight is 556 g/mol. The number of methoxy groups -OCH3 is 2. The summed E-state index contributed by atoms with van der Waals surface area (Å²) in [5.74, 6) is 2.42. The monoisotopic (exact) mass is 555 g/mol. The van der Waals surface area contributed by atoms with E-state index < -0.39 is 0 Å². The zero-order valence-corrected chi connectivity index (χ0v) is 23.0. The predicted molar refractivity (Wildman–Crippen MR) is 150 cm³/mol. The van der Waals surface area contributed by atoms with Crippen LogP contribution in [-0.4, -0.2) is 62.9 Å². The Balaban J connectivity index is 1.33. The zero-order chi connectivity index (χ0) is 26.6. The number of aromatic nitrogens is 1. The fourth-order valence-corrected chi connectivity index (χ4v) is 5.90. The molecule has 0 radical (unpaired) electrons. The van der Waals surface area contributed by atoms with Gasteiger partial charge in [-0.05, 0) is 43.9 Å². The number of fused-ring (bicyclic) bond motifs is 2. The van der Waals surface area contributed by atoms with Crippen molar-refractivity contribution in [2.24, 2.45) is 5.92 Å². The molecule has 10 heteroatoms. The fourth-order valence-electron chi connectivity index (χ4n) is 5.40. The number of nitrogens with one attached hydrogen (secondary N) is 2. The number of rotatable bonds is 9. The molecule has 0 saturated carbocycles. The Hall–Kier alpha value is -2.96. The predicted octanol–water partition coefficient (Wildman–Crippen LogP) is 5.63. The van der Waals surface area contributed by atoms with Crippen LogP contribution in [0.3, 0.4) is 0 Å². The summed E-state index contributed by atoms with van der Waals surface area (Å²) in [6.07, 6.45) is 5.06. The van der Waals surface area contributed by atoms with Crippen LogP contribution in [0.5, 0.6) is 17.2 Å². The first-order valence-electron chi connectivity index (χ1n) is 12.8. The fraction of sp³-hybridized carbons (Fsp3) is 0.429. The average Bonchev–Trinajstić information content (AvgIpc) is 3.35. The molecule has 5 rings (SSSR count). The van der Waals surface area contributed by atoms with Crippen LogP contribution in [0.25, 0.3) is 10.9 Å². The number of hydrogen-bond acceptors (Lipinski definition) is 8. The van der Waals surface area contributed by atoms with Crippen molar-refractivity contribution >= 4 is 45.5 Å². The minimum absolute atomic E-state index is 0.360. The third kappa shape index (κ3) is 5.57. The van der Waals surface area contributed by atoms with Crippen molar-refractivity contribution in [1.29, 1.82) is 5.26 Å². The van der Waals surface area contributed by atoms with Gasteiger partial charge in [-0.15, -0.1) is 0 Å². The second kappa shape index (κ2) is 11.8. The van der Waals surface area contributed by atoms with Gasteiger partial charge in [-0.25, -0.2) is 0 Å². The van der Waals surface area contributed by atoms with E-state index in [1.54, 1.807) is 19.2 Å². The smallest absolute Gasteiger partial charge is 0.163 e. The first-order chi connectivity index (χ1) is 18.5. The van der Waals surface area contributed by atoms with Gasteiger partial charge in [0.05, 0.1) is 53.3 Å². The van der Waals surface area contributed by atoms with E-state index in [-0.39, 0.29) is 0 Å². The van der Waals surface area contributed by atoms with Gasteiger partial charge in [0.15, 0.2) is 11.5 Å². The number of pyridine rings is 1. The number of piperidine rings is 1. The lowest BCUT2D eigenvalue weighted by Gasteiger charge is -2.24. The molecule has 2 aromatic carbocycles. The van der Waals surface area contributed by atoms with Gasteiger partial charge in [-0.3, -0.25) is 4.98 Å². The Morgan fingerprint density at radius 1 is 1.11 bits per heavy atom. The molecule has 200 valence electrons. The Kier molecular flexibility index (Phi) is 8.29. The highest BCUT2D eigenvalue weighted by Gasteiger charge is 2.33. The molecule has 2 saturated heterocycles. The van der Waals surface area contributed by atoms with Crippen molar-refractivity contribution in [1.82, 2.24) is 15.2 Å². The molecule has 0 aliphatic carbocycles. The second-order valence-electron chi connectivity index (χ2n) is 9.70. The van der Waals surface area contributed by atoms with E-state index in [0.29, 0.717) is 67.8 Å². The standard InChI is InChI=1S/C28H31Cl2N5O3/c1-36-25-12-23(20(29)10-21(25)30)34-28-18(13-31)14-33-22-11-27(26(37-2)9-19(22)28)38-8-4-7-35-15-17-5-3-6-32-24(17)16-35/h9-12,14,17,24,32H,3-8,15-16H2,1-2H3,(H,33,34). The van der Waals surface area contributed by atoms with Crippen molar-refractivity contribution in [3.8, 4) is 23.3 Å². The maximum atomic E-state index is 9.78. The van der Waals surface area contributed by atoms with Crippen LogP contribution >= 0.6 is 23.2 Å². The first-order valence-corrected chi connectivity index (χ1v) is 13.6. The number of halogens is 2. The lowest BCUT2D eigenvalue weighted by atomic mass is 9.94. The van der Waals surface area contributed by atoms with E-state index >= 15 is 0 Å². The third-order valence-corrected chi connectivity index (χ3v) is 7.93. The maximum absolute atomic E-state index is 9.78. The molecule has 2 atom stereocenters. The summed E-state index contributed by atoms with van der Waals surface area (Å²) < 4.78 is 17.1. The largest absolute Gasteiger partial charge is 0.495 e. The quantitative estimate of drug-likeness (QED) is 0.328. The van der Waals surface area contributed by atoms with E-state index in [1.165, 1.54) is 32.7 Å². The molecule has 2 N–H and O–H groups in total. The molecule has 38 heavy (non-hydrogen) atoms. The SMILES string of the molecule is COc1cc(Nc2c(C#N)cnc3cc(OCCCN4CC5CCCNC5C4)c(OC)cc23)c(Cl)cc1Cl. The maximum Gasteiger partial charge on any atom is 0.163 e. The minimum Gasteiger partial charge on any atom is -0.495 e. The summed E-state index contributed by atoms with van der Waals surface area (Å²) in [7, 11) is 3.13. The van der Waals surface area contributed by atoms with Crippen LogP contribution in [0.15, 0.2) is 30.5 Å². The van der Waals surface area contributed by atoms with Crippen molar-refractivity contribution in [3.63, 3.8) is 0 Å². The van der Waals surface area contributed by atoms with Crippen molar-refractivity contribution in [3.05, 3.63) is 46.1 Å². The van der Waals surface area contributed by atoms with Gasteiger partial charge in [0.25, 0.3) is 0 Å². The molecule has 3 aromatic rings. The van der Waals surface area contributed by atoms with Crippen molar-refractivity contribution < 1.29 is 14.2 Å². The van der Waals surface area contributed by atoms with Crippen molar-refractivity contribution in [2.45, 2.75) is 25.3 Å². The summed E-state index contributed by atoms with van der Waals surface area (Å²) in [6, 6.07) is 9.81. The Labute approximate surface area is 232 Å². The molecular formula is C28H31Cl2N5O3. The topological polar surface area (TPSA) is 91.7 Å². The molecule has 2 unspecified atom stereocenters. The van der Waals surface area contributed by atoms with Gasteiger partial charge in [-0.1, -0.05) is 23.2 Å². The summed E-state index contributed by atoms with van der Waals surface area (Å²) in [4.78, 5) is 7.04. The number of hydrogen-bond donors (Lipinski definition) is 2. The van der Waals surface area contributed by atoms with E-state index in [4.69, 9.17) is 37.4 Å². The lowest BCUT2D eigenvalue weighted by molar-refractivity contribution is 0.250. The van der Waals surface area contributed by atoms with E-state index in [1.807, 2.05) is 12.1 Å². The molecular weight excluding hydrogens is 525 g/mol. The summed E-state index contributed by atoms with van der Waals surface area (Å²) in [6.45, 7) is 5.01. The third-order valence-electron chi connectivity index (χ3n) is 7.33. The molecule has 8 nitrogen and oxygen atoms in total. The van der Waals surface area contributed by atoms with Gasteiger partial charge < -0.3 is 29.7 Å². The number of ether oxygens (including phenoxy) is 3. The highest BCUT2D eigenvalue weighted by molar-refractivity contribution is 6.37. The first kappa shape index (κ1) is 26.6. The summed E-state index contributed by atoms with van der Waals surface area (Å²) in [5, 5.41) is 18.2. The molecule has 3 heterocycles. The van der Waals surface area contributed by atoms with Gasteiger partial charge >= 0.3 is 0 Å². The second-order valence-corrected chi connectivity index (χ2v) is 10.5. The Morgan fingerprint density at radius 3 is 2.71 bits per heavy atom. The number of likely N-dealkylation sites (tertiary alicyclic amines) is 1. The zero-order valence-electron chi connectivity index (χ0n) is 21.5.